The molecule has 4 nitrogen and oxygen atoms in total. The summed E-state index contributed by atoms with van der Waals surface area (Å²) in [7, 11) is 0. The molecule has 0 radical (unpaired) electrons. The van der Waals surface area contributed by atoms with Crippen LogP contribution < -0.4 is 11.1 Å². The van der Waals surface area contributed by atoms with Gasteiger partial charge in [0.05, 0.1) is 0 Å². The predicted octanol–water partition coefficient (Wildman–Crippen LogP) is 3.00. The van der Waals surface area contributed by atoms with Gasteiger partial charge in [0.2, 0.25) is 0 Å². The molecule has 1 saturated carbocycles. The van der Waals surface area contributed by atoms with E-state index in [1.54, 1.807) is 0 Å². The Morgan fingerprint density at radius 1 is 1.44 bits per heavy atom. The fraction of sp³-hybridized carbons (Fsp3) is 0.714. The lowest BCUT2D eigenvalue weighted by atomic mass is 9.87. The van der Waals surface area contributed by atoms with E-state index in [-0.39, 0.29) is 0 Å². The first-order valence-electron chi connectivity index (χ1n) is 6.91. The summed E-state index contributed by atoms with van der Waals surface area (Å²) in [5.74, 6) is 2.29. The molecule has 0 aromatic carbocycles. The first kappa shape index (κ1) is 13.1. The number of anilines is 2. The maximum atomic E-state index is 5.84. The Labute approximate surface area is 109 Å². The monoisotopic (exact) mass is 248 g/mol. The fourth-order valence-electron chi connectivity index (χ4n) is 2.70. The smallest absolute Gasteiger partial charge is 0.133 e. The average molecular weight is 248 g/mol. The van der Waals surface area contributed by atoms with Gasteiger partial charge in [-0.15, -0.1) is 0 Å². The van der Waals surface area contributed by atoms with E-state index < -0.39 is 0 Å². The van der Waals surface area contributed by atoms with E-state index in [2.05, 4.69) is 36.1 Å². The summed E-state index contributed by atoms with van der Waals surface area (Å²) < 4.78 is 0. The van der Waals surface area contributed by atoms with Crippen LogP contribution in [0.1, 0.15) is 52.3 Å². The molecule has 1 fully saturated rings. The quantitative estimate of drug-likeness (QED) is 0.859. The van der Waals surface area contributed by atoms with E-state index in [1.165, 1.54) is 19.3 Å². The first-order chi connectivity index (χ1) is 8.51. The van der Waals surface area contributed by atoms with Crippen LogP contribution in [0, 0.1) is 5.41 Å². The van der Waals surface area contributed by atoms with Gasteiger partial charge in [0.1, 0.15) is 17.5 Å². The van der Waals surface area contributed by atoms with Crippen LogP contribution in [0.25, 0.3) is 0 Å². The van der Waals surface area contributed by atoms with Gasteiger partial charge >= 0.3 is 0 Å². The topological polar surface area (TPSA) is 63.8 Å². The van der Waals surface area contributed by atoms with Crippen molar-refractivity contribution in [2.24, 2.45) is 5.41 Å². The highest BCUT2D eigenvalue weighted by Crippen LogP contribution is 2.38. The maximum absolute atomic E-state index is 5.84. The van der Waals surface area contributed by atoms with Crippen molar-refractivity contribution in [3.63, 3.8) is 0 Å². The van der Waals surface area contributed by atoms with Crippen molar-refractivity contribution in [1.82, 2.24) is 9.97 Å². The molecule has 0 bridgehead atoms. The summed E-state index contributed by atoms with van der Waals surface area (Å²) in [5.41, 5.74) is 6.18. The van der Waals surface area contributed by atoms with E-state index in [0.717, 1.165) is 24.5 Å². The minimum atomic E-state index is 0.338. The van der Waals surface area contributed by atoms with Gasteiger partial charge < -0.3 is 11.1 Å². The van der Waals surface area contributed by atoms with Gasteiger partial charge in [-0.3, -0.25) is 0 Å². The molecular formula is C14H24N4. The highest BCUT2D eigenvalue weighted by Gasteiger charge is 2.34. The van der Waals surface area contributed by atoms with Crippen molar-refractivity contribution in [3.05, 3.63) is 11.9 Å². The largest absolute Gasteiger partial charge is 0.384 e. The van der Waals surface area contributed by atoms with E-state index in [0.29, 0.717) is 17.3 Å². The van der Waals surface area contributed by atoms with Gasteiger partial charge in [0, 0.05) is 18.5 Å². The molecule has 1 atom stereocenters. The molecule has 1 aliphatic rings. The lowest BCUT2D eigenvalue weighted by molar-refractivity contribution is 0.349. The molecule has 1 aliphatic carbocycles. The SMILES string of the molecule is CCCc1nc(N)cc(NC2CCCC2(C)C)n1. The van der Waals surface area contributed by atoms with Crippen LogP contribution in [0.2, 0.25) is 0 Å². The normalized spacial score (nSPS) is 22.1. The lowest BCUT2D eigenvalue weighted by Gasteiger charge is -2.28. The van der Waals surface area contributed by atoms with Crippen molar-refractivity contribution in [3.8, 4) is 0 Å². The number of hydrogen-bond donors (Lipinski definition) is 2. The van der Waals surface area contributed by atoms with Crippen LogP contribution >= 0.6 is 0 Å². The zero-order valence-electron chi connectivity index (χ0n) is 11.7. The number of hydrogen-bond acceptors (Lipinski definition) is 4. The van der Waals surface area contributed by atoms with Gasteiger partial charge in [0.25, 0.3) is 0 Å². The zero-order chi connectivity index (χ0) is 13.2. The van der Waals surface area contributed by atoms with Crippen molar-refractivity contribution in [2.75, 3.05) is 11.1 Å². The van der Waals surface area contributed by atoms with Crippen LogP contribution in [-0.2, 0) is 6.42 Å². The summed E-state index contributed by atoms with van der Waals surface area (Å²) in [6, 6.07) is 2.33. The number of nitrogens with one attached hydrogen (secondary N) is 1. The molecule has 100 valence electrons. The van der Waals surface area contributed by atoms with E-state index in [1.807, 2.05) is 6.07 Å². The average Bonchev–Trinajstić information content (AvgIpc) is 2.58. The summed E-state index contributed by atoms with van der Waals surface area (Å²) in [6.07, 6.45) is 5.69. The molecule has 3 N–H and O–H groups in total. The van der Waals surface area contributed by atoms with Crippen molar-refractivity contribution in [1.29, 1.82) is 0 Å². The third-order valence-corrected chi connectivity index (χ3v) is 3.85. The molecule has 1 unspecified atom stereocenters. The molecule has 0 amide bonds. The Hall–Kier alpha value is -1.32. The molecule has 2 rings (SSSR count). The van der Waals surface area contributed by atoms with E-state index in [4.69, 9.17) is 5.73 Å². The predicted molar refractivity (Wildman–Crippen MR) is 75.5 cm³/mol. The zero-order valence-corrected chi connectivity index (χ0v) is 11.7. The van der Waals surface area contributed by atoms with Crippen LogP contribution in [0.3, 0.4) is 0 Å². The van der Waals surface area contributed by atoms with Gasteiger partial charge in [-0.1, -0.05) is 27.2 Å². The van der Waals surface area contributed by atoms with Crippen LogP contribution in [0.4, 0.5) is 11.6 Å². The van der Waals surface area contributed by atoms with Crippen molar-refractivity contribution in [2.45, 2.75) is 58.9 Å². The van der Waals surface area contributed by atoms with Gasteiger partial charge in [-0.05, 0) is 24.7 Å². The molecule has 1 aromatic rings. The van der Waals surface area contributed by atoms with E-state index >= 15 is 0 Å². The van der Waals surface area contributed by atoms with Gasteiger partial charge in [-0.2, -0.15) is 0 Å². The third-order valence-electron chi connectivity index (χ3n) is 3.85. The Morgan fingerprint density at radius 3 is 2.83 bits per heavy atom. The second-order valence-corrected chi connectivity index (χ2v) is 5.92. The molecule has 1 heterocycles. The standard InChI is InChI=1S/C14H24N4/c1-4-6-12-17-11(15)9-13(18-12)16-10-7-5-8-14(10,2)3/h9-10H,4-8H2,1-3H3,(H3,15,16,17,18). The highest BCUT2D eigenvalue weighted by atomic mass is 15.1. The number of nitrogens with zero attached hydrogens (tertiary/aromatic N) is 2. The third kappa shape index (κ3) is 2.92. The molecule has 0 spiro atoms. The molecular weight excluding hydrogens is 224 g/mol. The molecule has 4 heteroatoms. The first-order valence-corrected chi connectivity index (χ1v) is 6.91. The van der Waals surface area contributed by atoms with Crippen molar-refractivity contribution < 1.29 is 0 Å². The fourth-order valence-corrected chi connectivity index (χ4v) is 2.70. The maximum Gasteiger partial charge on any atom is 0.133 e. The molecule has 1 aromatic heterocycles. The number of nitrogens with two attached hydrogens (primary N) is 1. The summed E-state index contributed by atoms with van der Waals surface area (Å²) >= 11 is 0. The summed E-state index contributed by atoms with van der Waals surface area (Å²) in [5, 5.41) is 3.54. The van der Waals surface area contributed by atoms with Crippen molar-refractivity contribution >= 4 is 11.6 Å². The Balaban J connectivity index is 2.13. The Kier molecular flexibility index (Phi) is 3.73. The minimum Gasteiger partial charge on any atom is -0.384 e. The van der Waals surface area contributed by atoms with E-state index in [9.17, 15) is 0 Å². The summed E-state index contributed by atoms with van der Waals surface area (Å²) in [6.45, 7) is 6.75. The lowest BCUT2D eigenvalue weighted by Crippen LogP contribution is -2.31. The molecule has 0 aliphatic heterocycles. The van der Waals surface area contributed by atoms with Crippen LogP contribution in [0.5, 0.6) is 0 Å². The number of rotatable bonds is 4. The highest BCUT2D eigenvalue weighted by molar-refractivity contribution is 5.45. The number of aryl methyl sites for hydroxylation is 1. The Morgan fingerprint density at radius 2 is 2.22 bits per heavy atom. The Bertz CT molecular complexity index is 414. The number of aromatic nitrogens is 2. The molecule has 0 saturated heterocycles. The van der Waals surface area contributed by atoms with Crippen LogP contribution in [0.15, 0.2) is 6.07 Å². The minimum absolute atomic E-state index is 0.338. The second-order valence-electron chi connectivity index (χ2n) is 5.92. The second kappa shape index (κ2) is 5.12. The van der Waals surface area contributed by atoms with Gasteiger partial charge in [-0.25, -0.2) is 9.97 Å². The number of nitrogen functional groups attached to an aromatic ring is 1. The molecule has 18 heavy (non-hydrogen) atoms. The summed E-state index contributed by atoms with van der Waals surface area (Å²) in [4.78, 5) is 8.81. The van der Waals surface area contributed by atoms with Gasteiger partial charge in [0.15, 0.2) is 0 Å². The van der Waals surface area contributed by atoms with Crippen LogP contribution in [-0.4, -0.2) is 16.0 Å².